The van der Waals surface area contributed by atoms with Crippen LogP contribution in [0, 0.1) is 5.92 Å². The van der Waals surface area contributed by atoms with E-state index >= 15 is 0 Å². The number of carbonyl (C=O) groups excluding carboxylic acids is 2. The fourth-order valence-electron chi connectivity index (χ4n) is 4.57. The number of aromatic nitrogens is 1. The Hall–Kier alpha value is -3.68. The number of carbonyl (C=O) groups is 2. The molecule has 1 N–H and O–H groups in total. The zero-order valence-electron chi connectivity index (χ0n) is 18.8. The molecule has 0 spiro atoms. The second kappa shape index (κ2) is 8.35. The lowest BCUT2D eigenvalue weighted by atomic mass is 9.88. The maximum Gasteiger partial charge on any atom is 0.411 e. The number of hydrogen-bond donors (Lipinski definition) is 1. The number of H-pyrrole nitrogens is 1. The molecule has 2 atom stereocenters. The largest absolute Gasteiger partial charge is 0.467 e. The van der Waals surface area contributed by atoms with Gasteiger partial charge in [0.15, 0.2) is 11.5 Å². The summed E-state index contributed by atoms with van der Waals surface area (Å²) in [6.07, 6.45) is -0.241. The smallest absolute Gasteiger partial charge is 0.411 e. The molecular weight excluding hydrogens is 424 g/mol. The number of rotatable bonds is 4. The van der Waals surface area contributed by atoms with Crippen molar-refractivity contribution in [3.63, 3.8) is 0 Å². The van der Waals surface area contributed by atoms with Gasteiger partial charge in [0.2, 0.25) is 6.79 Å². The van der Waals surface area contributed by atoms with Crippen LogP contribution in [0.2, 0.25) is 0 Å². The van der Waals surface area contributed by atoms with E-state index in [1.807, 2.05) is 56.3 Å². The van der Waals surface area contributed by atoms with E-state index in [4.69, 9.17) is 18.9 Å². The molecule has 33 heavy (non-hydrogen) atoms. The second-order valence-electron chi connectivity index (χ2n) is 8.70. The summed E-state index contributed by atoms with van der Waals surface area (Å²) in [7, 11) is 1.33. The topological polar surface area (TPSA) is 90.1 Å². The first kappa shape index (κ1) is 21.2. The van der Waals surface area contributed by atoms with E-state index in [9.17, 15) is 9.59 Å². The predicted octanol–water partition coefficient (Wildman–Crippen LogP) is 4.18. The van der Waals surface area contributed by atoms with Gasteiger partial charge in [0, 0.05) is 23.0 Å². The standard InChI is InChI=1S/C25H26N2O6/c1-14(2)12-31-25(29)27-19(24(28)30-3)11-17-16-6-4-5-7-18(16)26-22(17)23(27)15-8-9-20-21(10-15)33-13-32-20/h4-10,14,19,23,26H,11-13H2,1-3H3/t19-,23+/m1/s1. The lowest BCUT2D eigenvalue weighted by molar-refractivity contribution is -0.147. The Bertz CT molecular complexity index is 1220. The van der Waals surface area contributed by atoms with Gasteiger partial charge in [-0.05, 0) is 35.2 Å². The quantitative estimate of drug-likeness (QED) is 0.600. The van der Waals surface area contributed by atoms with Crippen LogP contribution in [-0.2, 0) is 20.7 Å². The molecule has 3 aromatic rings. The lowest BCUT2D eigenvalue weighted by Gasteiger charge is -2.40. The number of para-hydroxylation sites is 1. The summed E-state index contributed by atoms with van der Waals surface area (Å²) in [5.41, 5.74) is 3.55. The Kier molecular flexibility index (Phi) is 5.36. The Balaban J connectivity index is 1.69. The van der Waals surface area contributed by atoms with Crippen LogP contribution in [0.5, 0.6) is 11.5 Å². The van der Waals surface area contributed by atoms with Gasteiger partial charge in [-0.15, -0.1) is 0 Å². The molecule has 8 nitrogen and oxygen atoms in total. The van der Waals surface area contributed by atoms with Crippen molar-refractivity contribution in [3.8, 4) is 11.5 Å². The molecule has 8 heteroatoms. The molecule has 3 heterocycles. The zero-order chi connectivity index (χ0) is 23.1. The molecule has 2 aromatic carbocycles. The molecule has 172 valence electrons. The molecule has 0 unspecified atom stereocenters. The van der Waals surface area contributed by atoms with Crippen LogP contribution in [0.1, 0.15) is 36.7 Å². The molecule has 0 bridgehead atoms. The zero-order valence-corrected chi connectivity index (χ0v) is 18.8. The Labute approximate surface area is 191 Å². The fourth-order valence-corrected chi connectivity index (χ4v) is 4.57. The molecule has 0 saturated heterocycles. The van der Waals surface area contributed by atoms with Gasteiger partial charge in [0.05, 0.1) is 13.7 Å². The number of hydrogen-bond acceptors (Lipinski definition) is 6. The van der Waals surface area contributed by atoms with Crippen molar-refractivity contribution in [3.05, 3.63) is 59.3 Å². The van der Waals surface area contributed by atoms with E-state index in [1.54, 1.807) is 0 Å². The average Bonchev–Trinajstić information content (AvgIpc) is 3.44. The normalized spacial score (nSPS) is 19.0. The Morgan fingerprint density at radius 2 is 1.94 bits per heavy atom. The molecule has 0 saturated carbocycles. The number of amides is 1. The minimum absolute atomic E-state index is 0.145. The number of esters is 1. The number of aromatic amines is 1. The van der Waals surface area contributed by atoms with Gasteiger partial charge >= 0.3 is 12.1 Å². The molecule has 1 amide bonds. The summed E-state index contributed by atoms with van der Waals surface area (Å²) in [6, 6.07) is 12.0. The summed E-state index contributed by atoms with van der Waals surface area (Å²) < 4.78 is 21.8. The maximum absolute atomic E-state index is 13.4. The summed E-state index contributed by atoms with van der Waals surface area (Å²) in [6.45, 7) is 4.32. The van der Waals surface area contributed by atoms with Crippen LogP contribution >= 0.6 is 0 Å². The van der Waals surface area contributed by atoms with Crippen molar-refractivity contribution in [1.29, 1.82) is 0 Å². The van der Waals surface area contributed by atoms with E-state index < -0.39 is 24.1 Å². The molecule has 5 rings (SSSR count). The van der Waals surface area contributed by atoms with Gasteiger partial charge in [-0.3, -0.25) is 4.90 Å². The average molecular weight is 450 g/mol. The van der Waals surface area contributed by atoms with Gasteiger partial charge in [-0.25, -0.2) is 9.59 Å². The van der Waals surface area contributed by atoms with Gasteiger partial charge in [-0.1, -0.05) is 38.1 Å². The van der Waals surface area contributed by atoms with Crippen molar-refractivity contribution < 1.29 is 28.5 Å². The number of nitrogens with one attached hydrogen (secondary N) is 1. The number of fused-ring (bicyclic) bond motifs is 4. The first-order chi connectivity index (χ1) is 16.0. The Morgan fingerprint density at radius 3 is 2.73 bits per heavy atom. The number of nitrogens with zero attached hydrogens (tertiary/aromatic N) is 1. The van der Waals surface area contributed by atoms with E-state index in [-0.39, 0.29) is 19.3 Å². The fraction of sp³-hybridized carbons (Fsp3) is 0.360. The summed E-state index contributed by atoms with van der Waals surface area (Å²) in [4.78, 5) is 31.3. The van der Waals surface area contributed by atoms with Gasteiger partial charge in [0.1, 0.15) is 12.1 Å². The van der Waals surface area contributed by atoms with E-state index in [0.717, 1.165) is 27.7 Å². The highest BCUT2D eigenvalue weighted by Crippen LogP contribution is 2.44. The third kappa shape index (κ3) is 3.65. The monoisotopic (exact) mass is 450 g/mol. The molecule has 1 aromatic heterocycles. The van der Waals surface area contributed by atoms with E-state index in [0.29, 0.717) is 17.9 Å². The summed E-state index contributed by atoms with van der Waals surface area (Å²) in [5, 5.41) is 1.02. The summed E-state index contributed by atoms with van der Waals surface area (Å²) in [5.74, 6) is 0.909. The van der Waals surface area contributed by atoms with Crippen molar-refractivity contribution >= 4 is 23.0 Å². The highest BCUT2D eigenvalue weighted by molar-refractivity contribution is 5.89. The summed E-state index contributed by atoms with van der Waals surface area (Å²) >= 11 is 0. The number of methoxy groups -OCH3 is 1. The maximum atomic E-state index is 13.4. The van der Waals surface area contributed by atoms with E-state index in [1.165, 1.54) is 12.0 Å². The van der Waals surface area contributed by atoms with E-state index in [2.05, 4.69) is 4.98 Å². The first-order valence-corrected chi connectivity index (χ1v) is 11.0. The Morgan fingerprint density at radius 1 is 1.15 bits per heavy atom. The van der Waals surface area contributed by atoms with Crippen LogP contribution in [0.15, 0.2) is 42.5 Å². The van der Waals surface area contributed by atoms with Crippen molar-refractivity contribution in [2.75, 3.05) is 20.5 Å². The van der Waals surface area contributed by atoms with Crippen LogP contribution in [-0.4, -0.2) is 48.5 Å². The van der Waals surface area contributed by atoms with Crippen molar-refractivity contribution in [2.24, 2.45) is 5.92 Å². The second-order valence-corrected chi connectivity index (χ2v) is 8.70. The van der Waals surface area contributed by atoms with Crippen molar-refractivity contribution in [1.82, 2.24) is 9.88 Å². The highest BCUT2D eigenvalue weighted by Gasteiger charge is 2.45. The first-order valence-electron chi connectivity index (χ1n) is 11.0. The molecule has 0 aliphatic carbocycles. The van der Waals surface area contributed by atoms with Gasteiger partial charge in [-0.2, -0.15) is 0 Å². The van der Waals surface area contributed by atoms with Crippen LogP contribution in [0.25, 0.3) is 10.9 Å². The number of ether oxygens (including phenoxy) is 4. The van der Waals surface area contributed by atoms with Crippen LogP contribution in [0.3, 0.4) is 0 Å². The third-order valence-corrected chi connectivity index (χ3v) is 6.07. The highest BCUT2D eigenvalue weighted by atomic mass is 16.7. The minimum atomic E-state index is -0.836. The van der Waals surface area contributed by atoms with Crippen LogP contribution < -0.4 is 9.47 Å². The molecule has 2 aliphatic rings. The molecular formula is C25H26N2O6. The lowest BCUT2D eigenvalue weighted by Crippen LogP contribution is -2.52. The van der Waals surface area contributed by atoms with Gasteiger partial charge < -0.3 is 23.9 Å². The molecule has 0 radical (unpaired) electrons. The number of benzene rings is 2. The van der Waals surface area contributed by atoms with Gasteiger partial charge in [0.25, 0.3) is 0 Å². The van der Waals surface area contributed by atoms with Crippen molar-refractivity contribution in [2.45, 2.75) is 32.4 Å². The predicted molar refractivity (Wildman–Crippen MR) is 120 cm³/mol. The SMILES string of the molecule is COC(=O)[C@H]1Cc2c([nH]c3ccccc23)[C@H](c2ccc3c(c2)OCO3)N1C(=O)OCC(C)C. The molecule has 2 aliphatic heterocycles. The van der Waals surface area contributed by atoms with Crippen LogP contribution in [0.4, 0.5) is 4.79 Å². The molecule has 0 fully saturated rings. The third-order valence-electron chi connectivity index (χ3n) is 6.07. The minimum Gasteiger partial charge on any atom is -0.467 e.